The Morgan fingerprint density at radius 2 is 2.31 bits per heavy atom. The van der Waals surface area contributed by atoms with Crippen molar-refractivity contribution < 1.29 is 4.39 Å². The summed E-state index contributed by atoms with van der Waals surface area (Å²) >= 11 is 0. The summed E-state index contributed by atoms with van der Waals surface area (Å²) in [5.74, 6) is 0.603. The Labute approximate surface area is 97.1 Å². The molecule has 0 aromatic heterocycles. The molecule has 0 amide bonds. The lowest BCUT2D eigenvalue weighted by molar-refractivity contribution is 0.443. The van der Waals surface area contributed by atoms with Crippen molar-refractivity contribution in [1.82, 2.24) is 5.32 Å². The lowest BCUT2D eigenvalue weighted by Crippen LogP contribution is -2.24. The minimum atomic E-state index is -0.110. The van der Waals surface area contributed by atoms with Crippen LogP contribution in [0.1, 0.15) is 43.9 Å². The van der Waals surface area contributed by atoms with Gasteiger partial charge >= 0.3 is 0 Å². The third kappa shape index (κ3) is 2.43. The van der Waals surface area contributed by atoms with Crippen LogP contribution in [-0.2, 0) is 6.42 Å². The van der Waals surface area contributed by atoms with Crippen LogP contribution in [0.2, 0.25) is 0 Å². The van der Waals surface area contributed by atoms with E-state index < -0.39 is 0 Å². The van der Waals surface area contributed by atoms with Crippen LogP contribution in [0.25, 0.3) is 0 Å². The summed E-state index contributed by atoms with van der Waals surface area (Å²) in [6, 6.07) is 5.62. The predicted octanol–water partition coefficient (Wildman–Crippen LogP) is 3.45. The number of nitrogens with one attached hydrogen (secondary N) is 1. The van der Waals surface area contributed by atoms with Crippen LogP contribution >= 0.6 is 0 Å². The topological polar surface area (TPSA) is 12.0 Å². The van der Waals surface area contributed by atoms with Crippen molar-refractivity contribution in [3.8, 4) is 0 Å². The molecule has 0 fully saturated rings. The molecule has 1 aromatic carbocycles. The summed E-state index contributed by atoms with van der Waals surface area (Å²) in [6.07, 6.45) is 3.32. The number of benzene rings is 1. The first-order valence-corrected chi connectivity index (χ1v) is 6.22. The van der Waals surface area contributed by atoms with Crippen LogP contribution in [0.4, 0.5) is 4.39 Å². The van der Waals surface area contributed by atoms with Crippen molar-refractivity contribution in [2.45, 2.75) is 39.2 Å². The molecule has 0 spiro atoms. The normalized spacial score (nSPS) is 20.8. The number of rotatable bonds is 4. The first kappa shape index (κ1) is 11.6. The van der Waals surface area contributed by atoms with Crippen molar-refractivity contribution >= 4 is 0 Å². The zero-order valence-corrected chi connectivity index (χ0v) is 10.1. The van der Waals surface area contributed by atoms with Gasteiger partial charge in [0.05, 0.1) is 0 Å². The van der Waals surface area contributed by atoms with Crippen LogP contribution < -0.4 is 5.32 Å². The third-order valence-electron chi connectivity index (χ3n) is 3.59. The van der Waals surface area contributed by atoms with Crippen molar-refractivity contribution in [3.05, 3.63) is 35.1 Å². The van der Waals surface area contributed by atoms with Crippen LogP contribution in [0, 0.1) is 11.7 Å². The fraction of sp³-hybridized carbons (Fsp3) is 0.571. The van der Waals surface area contributed by atoms with E-state index in [1.807, 2.05) is 6.07 Å². The molecule has 1 aromatic rings. The van der Waals surface area contributed by atoms with Gasteiger partial charge in [-0.15, -0.1) is 0 Å². The second-order valence-corrected chi connectivity index (χ2v) is 4.86. The first-order chi connectivity index (χ1) is 7.70. The van der Waals surface area contributed by atoms with E-state index in [0.29, 0.717) is 12.0 Å². The molecular formula is C14H20FN. The number of hydrogen-bond donors (Lipinski definition) is 1. The van der Waals surface area contributed by atoms with Crippen LogP contribution in [0.3, 0.4) is 0 Å². The zero-order valence-electron chi connectivity index (χ0n) is 10.1. The summed E-state index contributed by atoms with van der Waals surface area (Å²) in [5, 5.41) is 3.59. The van der Waals surface area contributed by atoms with Crippen molar-refractivity contribution in [3.63, 3.8) is 0 Å². The van der Waals surface area contributed by atoms with Crippen LogP contribution in [0.15, 0.2) is 18.2 Å². The van der Waals surface area contributed by atoms with Gasteiger partial charge < -0.3 is 5.32 Å². The van der Waals surface area contributed by atoms with Gasteiger partial charge in [0.1, 0.15) is 5.82 Å². The molecule has 0 saturated carbocycles. The summed E-state index contributed by atoms with van der Waals surface area (Å²) in [7, 11) is 0. The lowest BCUT2D eigenvalue weighted by Gasteiger charge is -2.17. The second kappa shape index (κ2) is 4.96. The molecule has 1 N–H and O–H groups in total. The van der Waals surface area contributed by atoms with Crippen LogP contribution in [-0.4, -0.2) is 6.54 Å². The van der Waals surface area contributed by atoms with Gasteiger partial charge in [0.15, 0.2) is 0 Å². The van der Waals surface area contributed by atoms with Gasteiger partial charge in [0.2, 0.25) is 0 Å². The SMILES string of the molecule is CCC(C)CNC1CCc2cc(F)ccc21. The minimum absolute atomic E-state index is 0.110. The Hall–Kier alpha value is -0.890. The molecule has 1 nitrogen and oxygen atoms in total. The largest absolute Gasteiger partial charge is 0.310 e. The quantitative estimate of drug-likeness (QED) is 0.821. The maximum absolute atomic E-state index is 13.0. The Kier molecular flexibility index (Phi) is 3.59. The third-order valence-corrected chi connectivity index (χ3v) is 3.59. The van der Waals surface area contributed by atoms with Gasteiger partial charge in [-0.05, 0) is 48.6 Å². The van der Waals surface area contributed by atoms with E-state index in [1.165, 1.54) is 17.5 Å². The zero-order chi connectivity index (χ0) is 11.5. The lowest BCUT2D eigenvalue weighted by atomic mass is 10.1. The number of aryl methyl sites for hydroxylation is 1. The Morgan fingerprint density at radius 1 is 1.50 bits per heavy atom. The highest BCUT2D eigenvalue weighted by atomic mass is 19.1. The molecule has 88 valence electrons. The molecule has 2 atom stereocenters. The molecule has 0 heterocycles. The molecule has 0 bridgehead atoms. The molecular weight excluding hydrogens is 201 g/mol. The Morgan fingerprint density at radius 3 is 3.06 bits per heavy atom. The maximum Gasteiger partial charge on any atom is 0.123 e. The molecule has 0 saturated heterocycles. The fourth-order valence-electron chi connectivity index (χ4n) is 2.29. The standard InChI is InChI=1S/C14H20FN/c1-3-10(2)9-16-14-7-4-11-8-12(15)5-6-13(11)14/h5-6,8,10,14,16H,3-4,7,9H2,1-2H3. The molecule has 0 radical (unpaired) electrons. The molecule has 1 aliphatic carbocycles. The molecule has 16 heavy (non-hydrogen) atoms. The van der Waals surface area contributed by atoms with Gasteiger partial charge in [0, 0.05) is 6.04 Å². The molecule has 0 aliphatic heterocycles. The first-order valence-electron chi connectivity index (χ1n) is 6.22. The number of halogens is 1. The number of hydrogen-bond acceptors (Lipinski definition) is 1. The smallest absolute Gasteiger partial charge is 0.123 e. The van der Waals surface area contributed by atoms with E-state index in [-0.39, 0.29) is 5.82 Å². The fourth-order valence-corrected chi connectivity index (χ4v) is 2.29. The van der Waals surface area contributed by atoms with E-state index in [1.54, 1.807) is 12.1 Å². The van der Waals surface area contributed by atoms with Gasteiger partial charge in [-0.25, -0.2) is 4.39 Å². The minimum Gasteiger partial charge on any atom is -0.310 e. The van der Waals surface area contributed by atoms with E-state index in [4.69, 9.17) is 0 Å². The van der Waals surface area contributed by atoms with Crippen molar-refractivity contribution in [2.24, 2.45) is 5.92 Å². The maximum atomic E-state index is 13.0. The monoisotopic (exact) mass is 221 g/mol. The van der Waals surface area contributed by atoms with E-state index in [9.17, 15) is 4.39 Å². The highest BCUT2D eigenvalue weighted by Crippen LogP contribution is 2.31. The van der Waals surface area contributed by atoms with E-state index >= 15 is 0 Å². The summed E-state index contributed by atoms with van der Waals surface area (Å²) < 4.78 is 13.0. The van der Waals surface area contributed by atoms with E-state index in [0.717, 1.165) is 19.4 Å². The summed E-state index contributed by atoms with van der Waals surface area (Å²) in [6.45, 7) is 5.52. The highest BCUT2D eigenvalue weighted by molar-refractivity contribution is 5.34. The molecule has 2 unspecified atom stereocenters. The average molecular weight is 221 g/mol. The Bertz CT molecular complexity index is 362. The van der Waals surface area contributed by atoms with Gasteiger partial charge in [-0.3, -0.25) is 0 Å². The van der Waals surface area contributed by atoms with Crippen LogP contribution in [0.5, 0.6) is 0 Å². The average Bonchev–Trinajstić information content (AvgIpc) is 2.68. The summed E-state index contributed by atoms with van der Waals surface area (Å²) in [5.41, 5.74) is 2.48. The second-order valence-electron chi connectivity index (χ2n) is 4.86. The molecule has 1 aliphatic rings. The van der Waals surface area contributed by atoms with Crippen molar-refractivity contribution in [2.75, 3.05) is 6.54 Å². The Balaban J connectivity index is 2.01. The van der Waals surface area contributed by atoms with Crippen molar-refractivity contribution in [1.29, 1.82) is 0 Å². The van der Waals surface area contributed by atoms with Gasteiger partial charge in [0.25, 0.3) is 0 Å². The molecule has 2 rings (SSSR count). The molecule has 2 heteroatoms. The van der Waals surface area contributed by atoms with Gasteiger partial charge in [-0.1, -0.05) is 26.3 Å². The van der Waals surface area contributed by atoms with E-state index in [2.05, 4.69) is 19.2 Å². The highest BCUT2D eigenvalue weighted by Gasteiger charge is 2.22. The number of fused-ring (bicyclic) bond motifs is 1. The predicted molar refractivity (Wildman–Crippen MR) is 64.9 cm³/mol. The summed E-state index contributed by atoms with van der Waals surface area (Å²) in [4.78, 5) is 0. The van der Waals surface area contributed by atoms with Gasteiger partial charge in [-0.2, -0.15) is 0 Å².